The summed E-state index contributed by atoms with van der Waals surface area (Å²) in [4.78, 5) is 79.5. The minimum atomic E-state index is -3.78. The van der Waals surface area contributed by atoms with E-state index >= 15 is 0 Å². The summed E-state index contributed by atoms with van der Waals surface area (Å²) in [5.74, 6) is -0.709. The molecule has 3 aromatic rings. The minimum Gasteiger partial charge on any atom is -0.478 e. The predicted molar refractivity (Wildman–Crippen MR) is 241 cm³/mol. The van der Waals surface area contributed by atoms with Crippen molar-refractivity contribution in [2.75, 3.05) is 66.6 Å². The highest BCUT2D eigenvalue weighted by molar-refractivity contribution is 7.51. The zero-order valence-electron chi connectivity index (χ0n) is 36.7. The van der Waals surface area contributed by atoms with Gasteiger partial charge in [-0.25, -0.2) is 9.59 Å². The molecule has 3 aliphatic rings. The summed E-state index contributed by atoms with van der Waals surface area (Å²) in [6, 6.07) is 10.4. The molecule has 3 unspecified atom stereocenters. The molecule has 5 N–H and O–H groups in total. The number of aromatic carboxylic acids is 1. The van der Waals surface area contributed by atoms with Gasteiger partial charge >= 0.3 is 19.3 Å². The maximum atomic E-state index is 13.5. The second-order valence-corrected chi connectivity index (χ2v) is 18.0. The van der Waals surface area contributed by atoms with Gasteiger partial charge < -0.3 is 44.3 Å². The minimum absolute atomic E-state index is 0.0319. The summed E-state index contributed by atoms with van der Waals surface area (Å²) in [5, 5.41) is 16.0. The van der Waals surface area contributed by atoms with Gasteiger partial charge in [-0.15, -0.1) is 0 Å². The van der Waals surface area contributed by atoms with Crippen molar-refractivity contribution in [3.63, 3.8) is 0 Å². The molecule has 2 aromatic carbocycles. The number of allylic oxidation sites excluding steroid dienone is 1. The highest BCUT2D eigenvalue weighted by Gasteiger charge is 2.38. The van der Waals surface area contributed by atoms with Gasteiger partial charge in [-0.05, 0) is 75.0 Å². The third-order valence-corrected chi connectivity index (χ3v) is 11.7. The quantitative estimate of drug-likeness (QED) is 0.0648. The highest BCUT2D eigenvalue weighted by Crippen LogP contribution is 2.46. The molecule has 0 spiro atoms. The summed E-state index contributed by atoms with van der Waals surface area (Å²) in [7, 11) is 5.44. The maximum Gasteiger partial charge on any atom is 0.336 e. The monoisotopic (exact) mass is 902 g/mol. The maximum absolute atomic E-state index is 13.5. The molecule has 5 atom stereocenters. The van der Waals surface area contributed by atoms with E-state index in [1.165, 1.54) is 37.6 Å². The number of carbonyl (C=O) groups excluding carboxylic acids is 2. The number of H-pyrrole nitrogens is 1. The van der Waals surface area contributed by atoms with Crippen molar-refractivity contribution in [2.45, 2.75) is 56.6 Å². The van der Waals surface area contributed by atoms with Crippen LogP contribution in [0, 0.1) is 0 Å². The fourth-order valence-corrected chi connectivity index (χ4v) is 7.99. The fourth-order valence-electron chi connectivity index (χ4n) is 7.56. The number of aromatic nitrogens is 2. The Labute approximate surface area is 370 Å². The number of anilines is 1. The summed E-state index contributed by atoms with van der Waals surface area (Å²) in [6.45, 7) is 1.56. The van der Waals surface area contributed by atoms with Crippen LogP contribution < -0.4 is 31.5 Å². The number of nitrogens with one attached hydrogen (secondary N) is 3. The van der Waals surface area contributed by atoms with Crippen molar-refractivity contribution in [3.8, 4) is 5.75 Å². The van der Waals surface area contributed by atoms with E-state index in [9.17, 15) is 38.5 Å². The number of carboxylic acid groups (broad SMARTS) is 1. The topological polar surface area (TPSA) is 231 Å². The summed E-state index contributed by atoms with van der Waals surface area (Å²) in [5.41, 5.74) is 2.40. The van der Waals surface area contributed by atoms with Crippen LogP contribution in [0.25, 0.3) is 11.6 Å². The van der Waals surface area contributed by atoms with Crippen LogP contribution in [0.2, 0.25) is 0 Å². The number of rotatable bonds is 19. The fraction of sp³-hybridized carbons (Fsp3) is 0.400. The van der Waals surface area contributed by atoms with E-state index in [1.807, 2.05) is 74.4 Å². The average molecular weight is 903 g/mol. The van der Waals surface area contributed by atoms with Gasteiger partial charge in [-0.3, -0.25) is 33.4 Å². The second-order valence-electron chi connectivity index (χ2n) is 16.2. The average Bonchev–Trinajstić information content (AvgIpc) is 3.67. The van der Waals surface area contributed by atoms with Crippen molar-refractivity contribution < 1.29 is 47.7 Å². The molecule has 18 nitrogen and oxygen atoms in total. The molecule has 64 heavy (non-hydrogen) atoms. The second kappa shape index (κ2) is 20.7. The van der Waals surface area contributed by atoms with Crippen molar-refractivity contribution in [1.82, 2.24) is 25.1 Å². The Kier molecular flexibility index (Phi) is 15.4. The number of unbranched alkanes of at least 4 members (excludes halogenated alkanes) is 3. The van der Waals surface area contributed by atoms with E-state index in [4.69, 9.17) is 18.7 Å². The Hall–Kier alpha value is -5.88. The molecule has 1 aliphatic carbocycles. The van der Waals surface area contributed by atoms with Crippen LogP contribution in [0.1, 0.15) is 75.7 Å². The SMILES string of the molecule is CO[C@@H]1C[C@H](n2cc(/C=C/C(=O)NCCCCCCNC(=O)c3ccc(C(=O)O)c(C4=C5C=CC(N(C)C)C=C5Oc5cc(N(C)C)ccc54)c3)c(=O)[nH]c2=O)OC1COP(C)(=O)O. The zero-order valence-corrected chi connectivity index (χ0v) is 37.6. The largest absolute Gasteiger partial charge is 0.478 e. The molecular formula is C45H55N6O12P. The first kappa shape index (κ1) is 47.6. The molecular weight excluding hydrogens is 847 g/mol. The third kappa shape index (κ3) is 11.6. The van der Waals surface area contributed by atoms with Gasteiger partial charge in [0, 0.05) is 99.7 Å². The molecule has 0 bridgehead atoms. The van der Waals surface area contributed by atoms with Gasteiger partial charge in [0.25, 0.3) is 11.5 Å². The summed E-state index contributed by atoms with van der Waals surface area (Å²) in [6.07, 6.45) is 10.6. The smallest absolute Gasteiger partial charge is 0.336 e. The van der Waals surface area contributed by atoms with Gasteiger partial charge in [0.15, 0.2) is 0 Å². The first-order valence-electron chi connectivity index (χ1n) is 20.8. The van der Waals surface area contributed by atoms with Crippen LogP contribution >= 0.6 is 7.60 Å². The lowest BCUT2D eigenvalue weighted by Crippen LogP contribution is -2.33. The van der Waals surface area contributed by atoms with Gasteiger partial charge in [0.05, 0.1) is 23.8 Å². The first-order chi connectivity index (χ1) is 30.4. The van der Waals surface area contributed by atoms with Crippen molar-refractivity contribution in [3.05, 3.63) is 127 Å². The number of likely N-dealkylation sites (N-methyl/N-ethyl adjacent to an activating group) is 1. The van der Waals surface area contributed by atoms with Crippen LogP contribution in [-0.2, 0) is 23.4 Å². The number of fused-ring (bicyclic) bond motifs is 2. The summed E-state index contributed by atoms with van der Waals surface area (Å²) >= 11 is 0. The Morgan fingerprint density at radius 3 is 2.42 bits per heavy atom. The molecule has 6 rings (SSSR count). The molecule has 342 valence electrons. The Morgan fingerprint density at radius 1 is 1.02 bits per heavy atom. The van der Waals surface area contributed by atoms with Gasteiger partial charge in [0.2, 0.25) is 5.91 Å². The summed E-state index contributed by atoms with van der Waals surface area (Å²) < 4.78 is 35.4. The lowest BCUT2D eigenvalue weighted by Gasteiger charge is -2.31. The number of hydrogen-bond acceptors (Lipinski definition) is 12. The molecule has 19 heteroatoms. The molecule has 3 heterocycles. The van der Waals surface area contributed by atoms with E-state index < -0.39 is 49.2 Å². The number of carboxylic acids is 1. The van der Waals surface area contributed by atoms with Gasteiger partial charge in [0.1, 0.15) is 23.8 Å². The molecule has 0 radical (unpaired) electrons. The lowest BCUT2D eigenvalue weighted by atomic mass is 9.84. The standard InChI is InChI=1S/C45H55N6O12P/c1-49(2)29-13-16-32-35(22-29)62-36-23-30(50(3)4)14-17-33(36)41(32)34-21-27(11-15-31(34)44(55)56)42(53)47-20-10-8-7-9-19-46-39(52)18-12-28-25-51(45(57)48-43(28)54)40-24-37(60-5)38(63-40)26-61-64(6,58)59/h11-18,21-23,25,29,37-38,40H,7-10,19-20,24,26H2,1-6H3,(H,46,52)(H,47,53)(H,55,56)(H,58,59)(H,48,54,57)/b18-12+/t29?,37-,38?,40-/m1/s1. The number of amides is 2. The highest BCUT2D eigenvalue weighted by atomic mass is 31.2. The number of ether oxygens (including phenoxy) is 3. The van der Waals surface area contributed by atoms with E-state index in [-0.39, 0.29) is 36.1 Å². The van der Waals surface area contributed by atoms with E-state index in [0.29, 0.717) is 59.7 Å². The van der Waals surface area contributed by atoms with E-state index in [0.717, 1.165) is 35.3 Å². The van der Waals surface area contributed by atoms with Crippen LogP contribution in [0.15, 0.2) is 87.8 Å². The Bertz CT molecular complexity index is 2550. The van der Waals surface area contributed by atoms with Crippen molar-refractivity contribution in [2.24, 2.45) is 0 Å². The molecule has 2 aliphatic heterocycles. The van der Waals surface area contributed by atoms with Crippen molar-refractivity contribution >= 4 is 42.7 Å². The number of aromatic amines is 1. The van der Waals surface area contributed by atoms with Gasteiger partial charge in [-0.1, -0.05) is 25.0 Å². The van der Waals surface area contributed by atoms with Gasteiger partial charge in [-0.2, -0.15) is 0 Å². The number of benzene rings is 2. The third-order valence-electron chi connectivity index (χ3n) is 11.0. The van der Waals surface area contributed by atoms with Crippen LogP contribution in [0.4, 0.5) is 5.69 Å². The molecule has 1 saturated heterocycles. The first-order valence-corrected chi connectivity index (χ1v) is 22.9. The van der Waals surface area contributed by atoms with E-state index in [1.54, 1.807) is 6.07 Å². The molecule has 1 fully saturated rings. The normalized spacial score (nSPS) is 20.0. The van der Waals surface area contributed by atoms with Crippen LogP contribution in [0.5, 0.6) is 5.75 Å². The molecule has 1 aromatic heterocycles. The van der Waals surface area contributed by atoms with Crippen molar-refractivity contribution in [1.29, 1.82) is 0 Å². The Morgan fingerprint density at radius 2 is 1.75 bits per heavy atom. The number of methoxy groups -OCH3 is 1. The zero-order chi connectivity index (χ0) is 46.3. The molecule has 0 saturated carbocycles. The Balaban J connectivity index is 1.01. The number of carbonyl (C=O) groups is 3. The number of hydrogen-bond donors (Lipinski definition) is 5. The number of nitrogens with zero attached hydrogens (tertiary/aromatic N) is 3. The predicted octanol–water partition coefficient (Wildman–Crippen LogP) is 4.13. The lowest BCUT2D eigenvalue weighted by molar-refractivity contribution is -0.116. The van der Waals surface area contributed by atoms with Crippen LogP contribution in [0.3, 0.4) is 0 Å². The van der Waals surface area contributed by atoms with E-state index in [2.05, 4.69) is 15.6 Å². The van der Waals surface area contributed by atoms with Crippen LogP contribution in [-0.4, -0.2) is 122 Å². The molecule has 2 amide bonds.